The first kappa shape index (κ1) is 16.4. The molecule has 0 aromatic carbocycles. The summed E-state index contributed by atoms with van der Waals surface area (Å²) < 4.78 is 6.19. The Hall–Kier alpha value is -2.01. The van der Waals surface area contributed by atoms with Crippen molar-refractivity contribution in [1.82, 2.24) is 9.55 Å². The smallest absolute Gasteiger partial charge is 0.328 e. The molecule has 0 bridgehead atoms. The van der Waals surface area contributed by atoms with Crippen molar-refractivity contribution in [3.63, 3.8) is 0 Å². The van der Waals surface area contributed by atoms with E-state index < -0.39 is 48.2 Å². The summed E-state index contributed by atoms with van der Waals surface area (Å²) in [7, 11) is 0. The SMILES string of the molecule is O=C(O)CCn1cc([C@@H]2O[C@H](CO)C(O)[C@@H]2O)c(=O)[nH]c1=O. The van der Waals surface area contributed by atoms with Crippen molar-refractivity contribution in [3.8, 4) is 0 Å². The number of ether oxygens (including phenoxy) is 1. The molecule has 122 valence electrons. The molecule has 0 aliphatic carbocycles. The van der Waals surface area contributed by atoms with Crippen LogP contribution in [0.3, 0.4) is 0 Å². The summed E-state index contributed by atoms with van der Waals surface area (Å²) >= 11 is 0. The van der Waals surface area contributed by atoms with E-state index in [2.05, 4.69) is 0 Å². The van der Waals surface area contributed by atoms with E-state index in [0.29, 0.717) is 0 Å². The van der Waals surface area contributed by atoms with Crippen LogP contribution in [0.1, 0.15) is 18.1 Å². The average Bonchev–Trinajstić information content (AvgIpc) is 2.74. The number of rotatable bonds is 5. The Bertz CT molecular complexity index is 666. The topological polar surface area (TPSA) is 162 Å². The molecular weight excluding hydrogens is 300 g/mol. The zero-order valence-corrected chi connectivity index (χ0v) is 11.4. The second kappa shape index (κ2) is 6.40. The predicted octanol–water partition coefficient (Wildman–Crippen LogP) is -2.83. The Morgan fingerprint density at radius 2 is 2.00 bits per heavy atom. The van der Waals surface area contributed by atoms with Crippen molar-refractivity contribution in [2.45, 2.75) is 37.4 Å². The third-order valence-corrected chi connectivity index (χ3v) is 3.45. The zero-order chi connectivity index (χ0) is 16.4. The molecule has 4 atom stereocenters. The number of nitrogens with one attached hydrogen (secondary N) is 1. The Morgan fingerprint density at radius 3 is 2.55 bits per heavy atom. The van der Waals surface area contributed by atoms with Gasteiger partial charge in [0.05, 0.1) is 18.6 Å². The van der Waals surface area contributed by atoms with Gasteiger partial charge in [-0.15, -0.1) is 0 Å². The fourth-order valence-electron chi connectivity index (χ4n) is 2.27. The molecule has 22 heavy (non-hydrogen) atoms. The van der Waals surface area contributed by atoms with Crippen LogP contribution in [0.25, 0.3) is 0 Å². The first-order valence-electron chi connectivity index (χ1n) is 6.53. The van der Waals surface area contributed by atoms with Gasteiger partial charge in [-0.2, -0.15) is 0 Å². The molecule has 1 unspecified atom stereocenters. The van der Waals surface area contributed by atoms with Crippen LogP contribution in [-0.2, 0) is 16.1 Å². The molecule has 1 fully saturated rings. The summed E-state index contributed by atoms with van der Waals surface area (Å²) in [5, 5.41) is 37.2. The standard InChI is InChI=1S/C12H16N2O8/c15-4-6-8(18)9(19)10(22-6)5-3-14(2-1-7(16)17)12(21)13-11(5)20/h3,6,8-10,15,18-19H,1-2,4H2,(H,16,17)(H,13,20,21)/t6-,8?,9+,10+/m1/s1. The number of carboxylic acids is 1. The van der Waals surface area contributed by atoms with Crippen LogP contribution < -0.4 is 11.2 Å². The van der Waals surface area contributed by atoms with Gasteiger partial charge in [0.15, 0.2) is 0 Å². The Morgan fingerprint density at radius 1 is 1.32 bits per heavy atom. The number of nitrogens with zero attached hydrogens (tertiary/aromatic N) is 1. The number of hydrogen-bond acceptors (Lipinski definition) is 7. The van der Waals surface area contributed by atoms with Gasteiger partial charge in [0.1, 0.15) is 24.4 Å². The molecule has 2 rings (SSSR count). The number of H-pyrrole nitrogens is 1. The number of carbonyl (C=O) groups is 1. The van der Waals surface area contributed by atoms with Gasteiger partial charge in [0.25, 0.3) is 5.56 Å². The van der Waals surface area contributed by atoms with Crippen molar-refractivity contribution >= 4 is 5.97 Å². The van der Waals surface area contributed by atoms with Gasteiger partial charge < -0.3 is 25.2 Å². The van der Waals surface area contributed by atoms with Crippen LogP contribution in [0.2, 0.25) is 0 Å². The minimum atomic E-state index is -1.45. The lowest BCUT2D eigenvalue weighted by Gasteiger charge is -2.15. The van der Waals surface area contributed by atoms with Crippen molar-refractivity contribution < 1.29 is 30.0 Å². The zero-order valence-electron chi connectivity index (χ0n) is 11.4. The lowest BCUT2D eigenvalue weighted by molar-refractivity contribution is -0.137. The lowest BCUT2D eigenvalue weighted by atomic mass is 10.0. The third kappa shape index (κ3) is 3.09. The van der Waals surface area contributed by atoms with E-state index in [-0.39, 0.29) is 18.5 Å². The van der Waals surface area contributed by atoms with E-state index in [1.54, 1.807) is 0 Å². The average molecular weight is 316 g/mol. The molecule has 0 radical (unpaired) electrons. The highest BCUT2D eigenvalue weighted by Crippen LogP contribution is 2.31. The number of carboxylic acid groups (broad SMARTS) is 1. The summed E-state index contributed by atoms with van der Waals surface area (Å²) in [6.45, 7) is -0.724. The highest BCUT2D eigenvalue weighted by atomic mass is 16.6. The van der Waals surface area contributed by atoms with Crippen molar-refractivity contribution in [3.05, 3.63) is 32.6 Å². The molecule has 5 N–H and O–H groups in total. The van der Waals surface area contributed by atoms with E-state index in [0.717, 1.165) is 10.8 Å². The summed E-state index contributed by atoms with van der Waals surface area (Å²) in [4.78, 5) is 36.0. The van der Waals surface area contributed by atoms with Crippen LogP contribution >= 0.6 is 0 Å². The first-order chi connectivity index (χ1) is 10.3. The van der Waals surface area contributed by atoms with Crippen LogP contribution in [0, 0.1) is 0 Å². The number of aromatic amines is 1. The van der Waals surface area contributed by atoms with Crippen LogP contribution in [0.15, 0.2) is 15.8 Å². The van der Waals surface area contributed by atoms with Gasteiger partial charge in [-0.3, -0.25) is 19.1 Å². The molecular formula is C12H16N2O8. The summed E-state index contributed by atoms with van der Waals surface area (Å²) in [5.41, 5.74) is -1.74. The van der Waals surface area contributed by atoms with Crippen molar-refractivity contribution in [1.29, 1.82) is 0 Å². The van der Waals surface area contributed by atoms with E-state index in [1.807, 2.05) is 4.98 Å². The number of aromatic nitrogens is 2. The maximum atomic E-state index is 11.8. The van der Waals surface area contributed by atoms with Gasteiger partial charge in [-0.05, 0) is 0 Å². The fourth-order valence-corrected chi connectivity index (χ4v) is 2.27. The lowest BCUT2D eigenvalue weighted by Crippen LogP contribution is -2.36. The number of hydrogen-bond donors (Lipinski definition) is 5. The predicted molar refractivity (Wildman–Crippen MR) is 70.3 cm³/mol. The fraction of sp³-hybridized carbons (Fsp3) is 0.583. The summed E-state index contributed by atoms with van der Waals surface area (Å²) in [6.07, 6.45) is -4.37. The second-order valence-electron chi connectivity index (χ2n) is 4.94. The molecule has 1 aromatic heterocycles. The second-order valence-corrected chi connectivity index (χ2v) is 4.94. The van der Waals surface area contributed by atoms with Gasteiger partial charge in [0.2, 0.25) is 0 Å². The van der Waals surface area contributed by atoms with E-state index in [9.17, 15) is 24.6 Å². The van der Waals surface area contributed by atoms with Crippen molar-refractivity contribution in [2.75, 3.05) is 6.61 Å². The Labute approximate surface area is 123 Å². The Kier molecular flexibility index (Phi) is 4.76. The minimum Gasteiger partial charge on any atom is -0.481 e. The summed E-state index contributed by atoms with van der Waals surface area (Å²) in [5.74, 6) is -1.12. The molecule has 0 amide bonds. The Balaban J connectivity index is 2.35. The molecule has 1 aliphatic rings. The normalized spacial score (nSPS) is 28.0. The van der Waals surface area contributed by atoms with Crippen molar-refractivity contribution in [2.24, 2.45) is 0 Å². The number of aliphatic hydroxyl groups excluding tert-OH is 3. The van der Waals surface area contributed by atoms with E-state index in [4.69, 9.17) is 14.9 Å². The molecule has 1 saturated heterocycles. The highest BCUT2D eigenvalue weighted by molar-refractivity contribution is 5.66. The van der Waals surface area contributed by atoms with E-state index >= 15 is 0 Å². The molecule has 0 spiro atoms. The third-order valence-electron chi connectivity index (χ3n) is 3.45. The van der Waals surface area contributed by atoms with Gasteiger partial charge >= 0.3 is 11.7 Å². The number of aryl methyl sites for hydroxylation is 1. The molecule has 0 saturated carbocycles. The van der Waals surface area contributed by atoms with E-state index in [1.165, 1.54) is 0 Å². The monoisotopic (exact) mass is 316 g/mol. The summed E-state index contributed by atoms with van der Waals surface area (Å²) in [6, 6.07) is 0. The molecule has 1 aromatic rings. The quantitative estimate of drug-likeness (QED) is 0.388. The number of aliphatic hydroxyl groups is 3. The van der Waals surface area contributed by atoms with Gasteiger partial charge in [-0.1, -0.05) is 0 Å². The van der Waals surface area contributed by atoms with Gasteiger partial charge in [-0.25, -0.2) is 4.79 Å². The number of aliphatic carboxylic acids is 1. The largest absolute Gasteiger partial charge is 0.481 e. The maximum absolute atomic E-state index is 11.8. The first-order valence-corrected chi connectivity index (χ1v) is 6.53. The maximum Gasteiger partial charge on any atom is 0.328 e. The van der Waals surface area contributed by atoms with Crippen LogP contribution in [-0.4, -0.2) is 60.9 Å². The molecule has 10 nitrogen and oxygen atoms in total. The van der Waals surface area contributed by atoms with Gasteiger partial charge in [0, 0.05) is 12.7 Å². The minimum absolute atomic E-state index is 0.132. The molecule has 2 heterocycles. The van der Waals surface area contributed by atoms with Crippen LogP contribution in [0.5, 0.6) is 0 Å². The molecule has 10 heteroatoms. The highest BCUT2D eigenvalue weighted by Gasteiger charge is 2.44. The molecule has 1 aliphatic heterocycles. The van der Waals surface area contributed by atoms with Crippen LogP contribution in [0.4, 0.5) is 0 Å².